The summed E-state index contributed by atoms with van der Waals surface area (Å²) in [7, 11) is 1.57. The lowest BCUT2D eigenvalue weighted by Crippen LogP contribution is -2.58. The van der Waals surface area contributed by atoms with Crippen molar-refractivity contribution < 1.29 is 33.7 Å². The lowest BCUT2D eigenvalue weighted by molar-refractivity contribution is -0.157. The first-order valence-electron chi connectivity index (χ1n) is 11.9. The number of hydrogen-bond acceptors (Lipinski definition) is 7. The number of nitrogens with zero attached hydrogens (tertiary/aromatic N) is 2. The quantitative estimate of drug-likeness (QED) is 0.500. The molecular weight excluding hydrogens is 452 g/mol. The maximum Gasteiger partial charge on any atom is 0.313 e. The third-order valence-corrected chi connectivity index (χ3v) is 7.71. The first-order valence-corrected chi connectivity index (χ1v) is 11.9. The van der Waals surface area contributed by atoms with Crippen LogP contribution < -0.4 is 9.64 Å². The van der Waals surface area contributed by atoms with Gasteiger partial charge in [0.15, 0.2) is 0 Å². The zero-order valence-electron chi connectivity index (χ0n) is 20.0. The summed E-state index contributed by atoms with van der Waals surface area (Å²) in [6, 6.07) is 5.44. The molecule has 4 heterocycles. The van der Waals surface area contributed by atoms with Crippen LogP contribution in [0.2, 0.25) is 0 Å². The molecule has 0 radical (unpaired) electrons. The summed E-state index contributed by atoms with van der Waals surface area (Å²) in [6.07, 6.45) is 7.49. The third-order valence-electron chi connectivity index (χ3n) is 7.71. The Morgan fingerprint density at radius 1 is 1.11 bits per heavy atom. The minimum absolute atomic E-state index is 0.101. The molecule has 4 aliphatic rings. The van der Waals surface area contributed by atoms with Gasteiger partial charge in [-0.05, 0) is 43.7 Å². The summed E-state index contributed by atoms with van der Waals surface area (Å²) in [6.45, 7) is 3.66. The zero-order valence-corrected chi connectivity index (χ0v) is 20.0. The number of methoxy groups -OCH3 is 1. The second kappa shape index (κ2) is 8.49. The molecule has 1 aromatic rings. The number of rotatable bonds is 5. The van der Waals surface area contributed by atoms with Crippen LogP contribution in [0.1, 0.15) is 20.3 Å². The molecule has 6 atom stereocenters. The van der Waals surface area contributed by atoms with E-state index in [0.29, 0.717) is 17.9 Å². The highest BCUT2D eigenvalue weighted by atomic mass is 16.6. The average Bonchev–Trinajstić information content (AvgIpc) is 3.11. The number of amides is 2. The molecule has 2 amide bonds. The molecule has 0 bridgehead atoms. The van der Waals surface area contributed by atoms with Gasteiger partial charge in [-0.2, -0.15) is 0 Å². The van der Waals surface area contributed by atoms with Crippen LogP contribution in [-0.4, -0.2) is 77.9 Å². The van der Waals surface area contributed by atoms with Crippen LogP contribution in [-0.2, 0) is 23.9 Å². The monoisotopic (exact) mass is 482 g/mol. The van der Waals surface area contributed by atoms with Crippen molar-refractivity contribution >= 4 is 23.5 Å². The van der Waals surface area contributed by atoms with Gasteiger partial charge in [-0.1, -0.05) is 25.2 Å². The summed E-state index contributed by atoms with van der Waals surface area (Å²) >= 11 is 0. The Balaban J connectivity index is 1.65. The molecule has 2 fully saturated rings. The molecule has 9 nitrogen and oxygen atoms in total. The smallest absolute Gasteiger partial charge is 0.313 e. The molecule has 1 unspecified atom stereocenters. The predicted octanol–water partition coefficient (Wildman–Crippen LogP) is 1.45. The van der Waals surface area contributed by atoms with Crippen LogP contribution >= 0.6 is 0 Å². The fourth-order valence-corrected chi connectivity index (χ4v) is 6.10. The van der Waals surface area contributed by atoms with Gasteiger partial charge >= 0.3 is 5.97 Å². The highest BCUT2D eigenvalue weighted by Gasteiger charge is 2.75. The fourth-order valence-electron chi connectivity index (χ4n) is 6.10. The van der Waals surface area contributed by atoms with Gasteiger partial charge in [-0.15, -0.1) is 0 Å². The average molecular weight is 483 g/mol. The second-order valence-corrected chi connectivity index (χ2v) is 9.57. The third kappa shape index (κ3) is 3.32. The summed E-state index contributed by atoms with van der Waals surface area (Å²) < 4.78 is 17.3. The highest BCUT2D eigenvalue weighted by Crippen LogP contribution is 2.57. The van der Waals surface area contributed by atoms with Crippen molar-refractivity contribution in [1.82, 2.24) is 4.90 Å². The van der Waals surface area contributed by atoms with Gasteiger partial charge < -0.3 is 29.1 Å². The summed E-state index contributed by atoms with van der Waals surface area (Å²) in [4.78, 5) is 44.4. The second-order valence-electron chi connectivity index (χ2n) is 9.57. The summed E-state index contributed by atoms with van der Waals surface area (Å²) in [5.74, 6) is -2.45. The Morgan fingerprint density at radius 2 is 1.86 bits per heavy atom. The molecule has 0 aliphatic carbocycles. The molecule has 186 valence electrons. The van der Waals surface area contributed by atoms with E-state index in [1.165, 1.54) is 4.90 Å². The van der Waals surface area contributed by atoms with Gasteiger partial charge in [0.25, 0.3) is 5.91 Å². The SMILES string of the molecule is CC[C@@H](CO)N1C(=O)[C@@H]2[C@H]3C(=O)OCC=C[C@@]3(C)O[C@@]23C=CCN(c2ccc(OC)cc2)C(=O)C13. The Hall–Kier alpha value is -3.17. The number of likely N-dealkylation sites (tertiary alicyclic amines) is 1. The Labute approximate surface area is 203 Å². The predicted molar refractivity (Wildman–Crippen MR) is 126 cm³/mol. The standard InChI is InChI=1S/C26H30N2O7/c1-4-16(15-29)28-21-23(31)27(17-7-9-18(33-3)10-8-17)13-5-12-26(21)19(22(28)30)20-24(32)34-14-6-11-25(20,2)35-26/h5-12,16,19-21,29H,4,13-15H2,1-3H3/t16-,19-,20-,21?,25+,26-/m0/s1. The van der Waals surface area contributed by atoms with Crippen molar-refractivity contribution in [3.05, 3.63) is 48.6 Å². The maximum atomic E-state index is 14.2. The lowest BCUT2D eigenvalue weighted by Gasteiger charge is -2.39. The van der Waals surface area contributed by atoms with E-state index in [0.717, 1.165) is 0 Å². The maximum absolute atomic E-state index is 14.2. The normalized spacial score (nSPS) is 34.6. The fraction of sp³-hybridized carbons (Fsp3) is 0.500. The van der Waals surface area contributed by atoms with E-state index >= 15 is 0 Å². The lowest BCUT2D eigenvalue weighted by atomic mass is 9.75. The minimum atomic E-state index is -1.38. The van der Waals surface area contributed by atoms with E-state index in [-0.39, 0.29) is 31.6 Å². The van der Waals surface area contributed by atoms with E-state index in [9.17, 15) is 19.5 Å². The van der Waals surface area contributed by atoms with Gasteiger partial charge in [0.2, 0.25) is 5.91 Å². The van der Waals surface area contributed by atoms with Crippen LogP contribution in [0.4, 0.5) is 5.69 Å². The molecule has 9 heteroatoms. The van der Waals surface area contributed by atoms with Crippen LogP contribution in [0.25, 0.3) is 0 Å². The van der Waals surface area contributed by atoms with Crippen LogP contribution in [0, 0.1) is 11.8 Å². The van der Waals surface area contributed by atoms with Crippen molar-refractivity contribution in [1.29, 1.82) is 0 Å². The van der Waals surface area contributed by atoms with Crippen LogP contribution in [0.3, 0.4) is 0 Å². The van der Waals surface area contributed by atoms with E-state index in [1.54, 1.807) is 61.4 Å². The summed E-state index contributed by atoms with van der Waals surface area (Å²) in [5, 5.41) is 10.1. The number of benzene rings is 1. The molecule has 0 saturated carbocycles. The molecule has 1 aromatic carbocycles. The Bertz CT molecular complexity index is 1100. The Morgan fingerprint density at radius 3 is 2.51 bits per heavy atom. The number of aliphatic hydroxyl groups is 1. The van der Waals surface area contributed by atoms with E-state index < -0.39 is 41.1 Å². The molecular formula is C26H30N2O7. The van der Waals surface area contributed by atoms with Crippen molar-refractivity contribution in [2.24, 2.45) is 11.8 Å². The first-order chi connectivity index (χ1) is 16.8. The topological polar surface area (TPSA) is 106 Å². The van der Waals surface area contributed by atoms with E-state index in [4.69, 9.17) is 14.2 Å². The number of fused-ring (bicyclic) bond motifs is 2. The van der Waals surface area contributed by atoms with Gasteiger partial charge in [0.1, 0.15) is 29.9 Å². The molecule has 1 N–H and O–H groups in total. The molecule has 5 rings (SSSR count). The molecule has 4 aliphatic heterocycles. The molecule has 2 saturated heterocycles. The number of hydrogen-bond donors (Lipinski definition) is 1. The van der Waals surface area contributed by atoms with Crippen LogP contribution in [0.15, 0.2) is 48.6 Å². The van der Waals surface area contributed by atoms with Crippen molar-refractivity contribution in [2.45, 2.75) is 43.6 Å². The number of aliphatic hydroxyl groups excluding tert-OH is 1. The van der Waals surface area contributed by atoms with Crippen molar-refractivity contribution in [3.8, 4) is 5.75 Å². The van der Waals surface area contributed by atoms with Crippen molar-refractivity contribution in [2.75, 3.05) is 31.8 Å². The van der Waals surface area contributed by atoms with Crippen LogP contribution in [0.5, 0.6) is 5.75 Å². The van der Waals surface area contributed by atoms with Gasteiger partial charge in [-0.25, -0.2) is 0 Å². The number of anilines is 1. The highest BCUT2D eigenvalue weighted by molar-refractivity contribution is 6.05. The minimum Gasteiger partial charge on any atom is -0.497 e. The van der Waals surface area contributed by atoms with Crippen molar-refractivity contribution in [3.63, 3.8) is 0 Å². The molecule has 35 heavy (non-hydrogen) atoms. The number of esters is 1. The van der Waals surface area contributed by atoms with Gasteiger partial charge in [-0.3, -0.25) is 14.4 Å². The number of cyclic esters (lactones) is 1. The van der Waals surface area contributed by atoms with Gasteiger partial charge in [0, 0.05) is 12.2 Å². The van der Waals surface area contributed by atoms with E-state index in [1.807, 2.05) is 13.0 Å². The van der Waals surface area contributed by atoms with E-state index in [2.05, 4.69) is 0 Å². The number of carbonyl (C=O) groups excluding carboxylic acids is 3. The largest absolute Gasteiger partial charge is 0.497 e. The number of ether oxygens (including phenoxy) is 3. The molecule has 1 spiro atoms. The van der Waals surface area contributed by atoms with Gasteiger partial charge in [0.05, 0.1) is 31.3 Å². The number of carbonyl (C=O) groups is 3. The Kier molecular flexibility index (Phi) is 5.72. The zero-order chi connectivity index (χ0) is 25.0. The summed E-state index contributed by atoms with van der Waals surface area (Å²) in [5.41, 5.74) is -1.85. The molecule has 0 aromatic heterocycles. The first kappa shape index (κ1) is 23.6.